The van der Waals surface area contributed by atoms with Gasteiger partial charge in [0.2, 0.25) is 0 Å². The molecule has 0 radical (unpaired) electrons. The Bertz CT molecular complexity index is 346. The van der Waals surface area contributed by atoms with Crippen LogP contribution in [0.15, 0.2) is 22.7 Å². The summed E-state index contributed by atoms with van der Waals surface area (Å²) in [5, 5.41) is 3.62. The van der Waals surface area contributed by atoms with E-state index in [4.69, 9.17) is 4.74 Å². The molecule has 3 heteroatoms. The predicted molar refractivity (Wildman–Crippen MR) is 71.0 cm³/mol. The van der Waals surface area contributed by atoms with Crippen LogP contribution >= 0.6 is 15.9 Å². The molecule has 1 aliphatic heterocycles. The standard InChI is InChI=1S/C13H18BrNO/c1-10-4-5-11(14)9-13(10)15-12-3-2-7-16-8-6-12/h4-5,9,12,15H,2-3,6-8H2,1H3. The number of nitrogens with one attached hydrogen (secondary N) is 1. The highest BCUT2D eigenvalue weighted by Crippen LogP contribution is 2.23. The molecule has 1 saturated heterocycles. The molecule has 0 aliphatic carbocycles. The molecule has 1 aromatic carbocycles. The number of ether oxygens (including phenoxy) is 1. The largest absolute Gasteiger partial charge is 0.382 e. The Morgan fingerprint density at radius 3 is 3.06 bits per heavy atom. The second-order valence-corrected chi connectivity index (χ2v) is 5.26. The van der Waals surface area contributed by atoms with Crippen LogP contribution in [-0.4, -0.2) is 19.3 Å². The van der Waals surface area contributed by atoms with Gasteiger partial charge in [0, 0.05) is 29.4 Å². The van der Waals surface area contributed by atoms with E-state index in [0.29, 0.717) is 6.04 Å². The zero-order valence-corrected chi connectivity index (χ0v) is 11.2. The molecule has 1 atom stereocenters. The van der Waals surface area contributed by atoms with Gasteiger partial charge in [-0.15, -0.1) is 0 Å². The molecule has 2 rings (SSSR count). The summed E-state index contributed by atoms with van der Waals surface area (Å²) < 4.78 is 6.60. The first-order valence-electron chi connectivity index (χ1n) is 5.86. The van der Waals surface area contributed by atoms with Gasteiger partial charge in [-0.2, -0.15) is 0 Å². The zero-order valence-electron chi connectivity index (χ0n) is 9.63. The molecule has 1 aromatic rings. The lowest BCUT2D eigenvalue weighted by Crippen LogP contribution is -2.20. The molecule has 2 nitrogen and oxygen atoms in total. The van der Waals surface area contributed by atoms with Crippen molar-refractivity contribution in [1.82, 2.24) is 0 Å². The van der Waals surface area contributed by atoms with Crippen molar-refractivity contribution in [1.29, 1.82) is 0 Å². The van der Waals surface area contributed by atoms with E-state index in [1.165, 1.54) is 17.7 Å². The van der Waals surface area contributed by atoms with Crippen molar-refractivity contribution in [2.24, 2.45) is 0 Å². The van der Waals surface area contributed by atoms with E-state index >= 15 is 0 Å². The molecule has 0 aromatic heterocycles. The third-order valence-corrected chi connectivity index (χ3v) is 3.50. The Hall–Kier alpha value is -0.540. The fraction of sp³-hybridized carbons (Fsp3) is 0.538. The van der Waals surface area contributed by atoms with E-state index < -0.39 is 0 Å². The quantitative estimate of drug-likeness (QED) is 0.893. The van der Waals surface area contributed by atoms with Gasteiger partial charge >= 0.3 is 0 Å². The first-order chi connectivity index (χ1) is 7.75. The molecule has 1 heterocycles. The minimum absolute atomic E-state index is 0.551. The first kappa shape index (κ1) is 11.9. The molecular formula is C13H18BrNO. The van der Waals surface area contributed by atoms with E-state index in [9.17, 15) is 0 Å². The van der Waals surface area contributed by atoms with Crippen molar-refractivity contribution in [2.45, 2.75) is 32.2 Å². The van der Waals surface area contributed by atoms with Crippen molar-refractivity contribution in [2.75, 3.05) is 18.5 Å². The summed E-state index contributed by atoms with van der Waals surface area (Å²) in [5.41, 5.74) is 2.54. The molecule has 1 fully saturated rings. The van der Waals surface area contributed by atoms with E-state index in [0.717, 1.165) is 30.5 Å². The normalized spacial score (nSPS) is 21.5. The average Bonchev–Trinajstić information content (AvgIpc) is 2.52. The number of rotatable bonds is 2. The summed E-state index contributed by atoms with van der Waals surface area (Å²) in [7, 11) is 0. The van der Waals surface area contributed by atoms with E-state index in [2.05, 4.69) is 46.4 Å². The topological polar surface area (TPSA) is 21.3 Å². The number of hydrogen-bond donors (Lipinski definition) is 1. The zero-order chi connectivity index (χ0) is 11.4. The van der Waals surface area contributed by atoms with Gasteiger partial charge in [-0.1, -0.05) is 22.0 Å². The third-order valence-electron chi connectivity index (χ3n) is 3.01. The van der Waals surface area contributed by atoms with Gasteiger partial charge in [0.1, 0.15) is 0 Å². The molecule has 0 saturated carbocycles. The van der Waals surface area contributed by atoms with Crippen LogP contribution in [-0.2, 0) is 4.74 Å². The molecule has 1 aliphatic rings. The highest BCUT2D eigenvalue weighted by Gasteiger charge is 2.12. The lowest BCUT2D eigenvalue weighted by Gasteiger charge is -2.18. The second kappa shape index (κ2) is 5.69. The van der Waals surface area contributed by atoms with Crippen molar-refractivity contribution >= 4 is 21.6 Å². The first-order valence-corrected chi connectivity index (χ1v) is 6.65. The monoisotopic (exact) mass is 283 g/mol. The van der Waals surface area contributed by atoms with E-state index in [-0.39, 0.29) is 0 Å². The van der Waals surface area contributed by atoms with Gasteiger partial charge in [-0.3, -0.25) is 0 Å². The molecule has 1 N–H and O–H groups in total. The fourth-order valence-corrected chi connectivity index (χ4v) is 2.38. The van der Waals surface area contributed by atoms with Crippen LogP contribution < -0.4 is 5.32 Å². The van der Waals surface area contributed by atoms with Crippen molar-refractivity contribution in [3.8, 4) is 0 Å². The highest BCUT2D eigenvalue weighted by atomic mass is 79.9. The van der Waals surface area contributed by atoms with E-state index in [1.54, 1.807) is 0 Å². The Morgan fingerprint density at radius 1 is 1.31 bits per heavy atom. The molecule has 1 unspecified atom stereocenters. The van der Waals surface area contributed by atoms with Gasteiger partial charge in [0.25, 0.3) is 0 Å². The van der Waals surface area contributed by atoms with Crippen molar-refractivity contribution in [3.05, 3.63) is 28.2 Å². The fourth-order valence-electron chi connectivity index (χ4n) is 2.02. The van der Waals surface area contributed by atoms with Crippen LogP contribution in [0.25, 0.3) is 0 Å². The number of hydrogen-bond acceptors (Lipinski definition) is 2. The van der Waals surface area contributed by atoms with Crippen LogP contribution in [0, 0.1) is 6.92 Å². The minimum atomic E-state index is 0.551. The van der Waals surface area contributed by atoms with Crippen LogP contribution in [0.2, 0.25) is 0 Å². The maximum atomic E-state index is 5.47. The van der Waals surface area contributed by atoms with Crippen LogP contribution in [0.4, 0.5) is 5.69 Å². The van der Waals surface area contributed by atoms with Gasteiger partial charge in [-0.05, 0) is 43.9 Å². The summed E-state index contributed by atoms with van der Waals surface area (Å²) in [4.78, 5) is 0. The highest BCUT2D eigenvalue weighted by molar-refractivity contribution is 9.10. The Balaban J connectivity index is 2.04. The smallest absolute Gasteiger partial charge is 0.0485 e. The second-order valence-electron chi connectivity index (χ2n) is 4.34. The molecule has 16 heavy (non-hydrogen) atoms. The van der Waals surface area contributed by atoms with Gasteiger partial charge in [-0.25, -0.2) is 0 Å². The Kier molecular flexibility index (Phi) is 4.24. The minimum Gasteiger partial charge on any atom is -0.382 e. The summed E-state index contributed by atoms with van der Waals surface area (Å²) >= 11 is 3.51. The average molecular weight is 284 g/mol. The van der Waals surface area contributed by atoms with Gasteiger partial charge < -0.3 is 10.1 Å². The molecule has 0 spiro atoms. The number of anilines is 1. The molecule has 0 bridgehead atoms. The third kappa shape index (κ3) is 3.22. The van der Waals surface area contributed by atoms with E-state index in [1.807, 2.05) is 0 Å². The van der Waals surface area contributed by atoms with Gasteiger partial charge in [0.05, 0.1) is 0 Å². The molecule has 0 amide bonds. The summed E-state index contributed by atoms with van der Waals surface area (Å²) in [6.45, 7) is 3.93. The molecule has 88 valence electrons. The van der Waals surface area contributed by atoms with Crippen LogP contribution in [0.5, 0.6) is 0 Å². The predicted octanol–water partition coefficient (Wildman–Crippen LogP) is 3.74. The maximum Gasteiger partial charge on any atom is 0.0485 e. The maximum absolute atomic E-state index is 5.47. The van der Waals surface area contributed by atoms with Crippen LogP contribution in [0.1, 0.15) is 24.8 Å². The van der Waals surface area contributed by atoms with Crippen molar-refractivity contribution in [3.63, 3.8) is 0 Å². The Morgan fingerprint density at radius 2 is 2.19 bits per heavy atom. The lowest BCUT2D eigenvalue weighted by molar-refractivity contribution is 0.144. The Labute approximate surface area is 106 Å². The number of halogens is 1. The number of benzene rings is 1. The molecular weight excluding hydrogens is 266 g/mol. The summed E-state index contributed by atoms with van der Waals surface area (Å²) in [5.74, 6) is 0. The lowest BCUT2D eigenvalue weighted by atomic mass is 10.1. The van der Waals surface area contributed by atoms with Gasteiger partial charge in [0.15, 0.2) is 0 Å². The summed E-state index contributed by atoms with van der Waals surface area (Å²) in [6.07, 6.45) is 3.46. The number of aryl methyl sites for hydroxylation is 1. The SMILES string of the molecule is Cc1ccc(Br)cc1NC1CCCOCC1. The van der Waals surface area contributed by atoms with Crippen molar-refractivity contribution < 1.29 is 4.74 Å². The van der Waals surface area contributed by atoms with Crippen LogP contribution in [0.3, 0.4) is 0 Å². The summed E-state index contributed by atoms with van der Waals surface area (Å²) in [6, 6.07) is 6.92.